The van der Waals surface area contributed by atoms with Gasteiger partial charge in [-0.1, -0.05) is 6.07 Å². The molecule has 0 bridgehead atoms. The van der Waals surface area contributed by atoms with Crippen LogP contribution in [0.1, 0.15) is 12.5 Å². The van der Waals surface area contributed by atoms with Gasteiger partial charge in [-0.25, -0.2) is 4.79 Å². The van der Waals surface area contributed by atoms with Gasteiger partial charge >= 0.3 is 12.0 Å². The molecular formula is C12H13N3O3. The highest BCUT2D eigenvalue weighted by Gasteiger charge is 2.29. The fraction of sp³-hybridized carbons (Fsp3) is 0.333. The molecular weight excluding hydrogens is 234 g/mol. The fourth-order valence-electron chi connectivity index (χ4n) is 1.82. The van der Waals surface area contributed by atoms with E-state index in [4.69, 9.17) is 5.73 Å². The van der Waals surface area contributed by atoms with E-state index in [1.165, 1.54) is 7.11 Å². The van der Waals surface area contributed by atoms with Crippen LogP contribution in [0.5, 0.6) is 0 Å². The molecule has 94 valence electrons. The van der Waals surface area contributed by atoms with Crippen LogP contribution in [-0.4, -0.2) is 24.6 Å². The summed E-state index contributed by atoms with van der Waals surface area (Å²) in [5.41, 5.74) is 5.57. The van der Waals surface area contributed by atoms with Gasteiger partial charge in [-0.3, -0.25) is 4.79 Å². The van der Waals surface area contributed by atoms with E-state index in [1.807, 2.05) is 0 Å². The molecule has 1 aliphatic heterocycles. The van der Waals surface area contributed by atoms with Crippen LogP contribution in [0.15, 0.2) is 28.2 Å². The standard InChI is InChI=1S/C12H13N3O3/c1-12(13,10(16)18-2)6-7-3-4-8-9(5-7)15-11(17)14-8/h3-5H,6,13H2,1-2H3/t12-/m0/s1. The lowest BCUT2D eigenvalue weighted by molar-refractivity contribution is -0.146. The van der Waals surface area contributed by atoms with E-state index in [2.05, 4.69) is 14.7 Å². The Kier molecular flexibility index (Phi) is 2.96. The van der Waals surface area contributed by atoms with Crippen molar-refractivity contribution in [1.82, 2.24) is 0 Å². The molecule has 2 amide bonds. The van der Waals surface area contributed by atoms with Gasteiger partial charge in [0.1, 0.15) is 5.54 Å². The number of nitrogens with zero attached hydrogens (tertiary/aromatic N) is 2. The number of rotatable bonds is 3. The average molecular weight is 247 g/mol. The number of fused-ring (bicyclic) bond motifs is 1. The Balaban J connectivity index is 2.31. The molecule has 0 radical (unpaired) electrons. The molecule has 18 heavy (non-hydrogen) atoms. The van der Waals surface area contributed by atoms with Gasteiger partial charge in [0.25, 0.3) is 0 Å². The van der Waals surface area contributed by atoms with Crippen molar-refractivity contribution in [2.45, 2.75) is 18.9 Å². The Labute approximate surface area is 103 Å². The summed E-state index contributed by atoms with van der Waals surface area (Å²) in [5.74, 6) is -0.485. The normalized spacial score (nSPS) is 16.3. The van der Waals surface area contributed by atoms with E-state index in [0.717, 1.165) is 5.56 Å². The summed E-state index contributed by atoms with van der Waals surface area (Å²) >= 11 is 0. The summed E-state index contributed by atoms with van der Waals surface area (Å²) in [7, 11) is 1.29. The van der Waals surface area contributed by atoms with Gasteiger partial charge in [-0.05, 0) is 24.6 Å². The Morgan fingerprint density at radius 1 is 1.39 bits per heavy atom. The first-order valence-corrected chi connectivity index (χ1v) is 5.40. The van der Waals surface area contributed by atoms with Crippen molar-refractivity contribution < 1.29 is 14.3 Å². The molecule has 0 saturated carbocycles. The van der Waals surface area contributed by atoms with E-state index in [-0.39, 0.29) is 0 Å². The largest absolute Gasteiger partial charge is 0.468 e. The molecule has 0 aliphatic carbocycles. The molecule has 0 spiro atoms. The van der Waals surface area contributed by atoms with Gasteiger partial charge in [-0.2, -0.15) is 9.98 Å². The highest BCUT2D eigenvalue weighted by Crippen LogP contribution is 2.10. The maximum absolute atomic E-state index is 11.5. The second kappa shape index (κ2) is 4.30. The third-order valence-electron chi connectivity index (χ3n) is 2.70. The topological polar surface area (TPSA) is 94.1 Å². The number of esters is 1. The number of carbonyl (C=O) groups is 2. The lowest BCUT2D eigenvalue weighted by Crippen LogP contribution is -2.47. The van der Waals surface area contributed by atoms with Crippen LogP contribution in [0.25, 0.3) is 0 Å². The Morgan fingerprint density at radius 3 is 2.72 bits per heavy atom. The number of hydrogen-bond donors (Lipinski definition) is 1. The maximum Gasteiger partial charge on any atom is 0.368 e. The lowest BCUT2D eigenvalue weighted by Gasteiger charge is -2.21. The molecule has 1 atom stereocenters. The molecule has 0 saturated heterocycles. The number of carbonyl (C=O) groups excluding carboxylic acids is 2. The van der Waals surface area contributed by atoms with E-state index >= 15 is 0 Å². The lowest BCUT2D eigenvalue weighted by atomic mass is 9.94. The quantitative estimate of drug-likeness (QED) is 0.728. The molecule has 0 fully saturated rings. The first kappa shape index (κ1) is 12.4. The van der Waals surface area contributed by atoms with E-state index in [9.17, 15) is 9.59 Å². The van der Waals surface area contributed by atoms with Crippen molar-refractivity contribution in [2.75, 3.05) is 7.11 Å². The molecule has 1 aromatic rings. The van der Waals surface area contributed by atoms with Crippen molar-refractivity contribution in [1.29, 1.82) is 0 Å². The third-order valence-corrected chi connectivity index (χ3v) is 2.70. The number of amides is 2. The predicted molar refractivity (Wildman–Crippen MR) is 62.5 cm³/mol. The van der Waals surface area contributed by atoms with Crippen LogP contribution in [0.2, 0.25) is 0 Å². The van der Waals surface area contributed by atoms with Crippen LogP contribution >= 0.6 is 0 Å². The van der Waals surface area contributed by atoms with Gasteiger partial charge in [0.15, 0.2) is 0 Å². The first-order chi connectivity index (χ1) is 8.42. The van der Waals surface area contributed by atoms with E-state index < -0.39 is 17.5 Å². The van der Waals surface area contributed by atoms with Gasteiger partial charge in [0.2, 0.25) is 0 Å². The van der Waals surface area contributed by atoms with Crippen molar-refractivity contribution in [3.8, 4) is 0 Å². The molecule has 1 heterocycles. The SMILES string of the molecule is COC(=O)[C@@](C)(N)Cc1ccc2c(c1)=NC(=O)N=2. The van der Waals surface area contributed by atoms with Crippen LogP contribution in [-0.2, 0) is 16.0 Å². The summed E-state index contributed by atoms with van der Waals surface area (Å²) in [6, 6.07) is 4.65. The van der Waals surface area contributed by atoms with Gasteiger partial charge in [0.05, 0.1) is 17.8 Å². The third kappa shape index (κ3) is 2.28. The smallest absolute Gasteiger partial charge is 0.368 e. The molecule has 0 unspecified atom stereocenters. The van der Waals surface area contributed by atoms with Crippen LogP contribution in [0.3, 0.4) is 0 Å². The van der Waals surface area contributed by atoms with E-state index in [1.54, 1.807) is 25.1 Å². The summed E-state index contributed by atoms with van der Waals surface area (Å²) in [6.45, 7) is 1.60. The van der Waals surface area contributed by atoms with Crippen LogP contribution in [0, 0.1) is 0 Å². The summed E-state index contributed by atoms with van der Waals surface area (Å²) in [6.07, 6.45) is 0.302. The molecule has 2 rings (SSSR count). The summed E-state index contributed by atoms with van der Waals surface area (Å²) in [5, 5.41) is 1.05. The number of urea groups is 1. The first-order valence-electron chi connectivity index (χ1n) is 5.40. The van der Waals surface area contributed by atoms with Gasteiger partial charge in [0, 0.05) is 6.42 Å². The Bertz CT molecular complexity index is 634. The molecule has 1 aromatic carbocycles. The Morgan fingerprint density at radius 2 is 2.06 bits per heavy atom. The number of methoxy groups -OCH3 is 1. The molecule has 6 heteroatoms. The highest BCUT2D eigenvalue weighted by molar-refractivity contribution is 5.80. The zero-order valence-corrected chi connectivity index (χ0v) is 10.1. The zero-order valence-electron chi connectivity index (χ0n) is 10.1. The van der Waals surface area contributed by atoms with Crippen molar-refractivity contribution in [2.24, 2.45) is 15.7 Å². The second-order valence-electron chi connectivity index (χ2n) is 4.42. The second-order valence-corrected chi connectivity index (χ2v) is 4.42. The highest BCUT2D eigenvalue weighted by atomic mass is 16.5. The van der Waals surface area contributed by atoms with Crippen molar-refractivity contribution >= 4 is 12.0 Å². The zero-order chi connectivity index (χ0) is 13.3. The molecule has 2 N–H and O–H groups in total. The minimum absolute atomic E-state index is 0.302. The van der Waals surface area contributed by atoms with Gasteiger partial charge < -0.3 is 10.5 Å². The number of ether oxygens (including phenoxy) is 1. The van der Waals surface area contributed by atoms with Gasteiger partial charge in [-0.15, -0.1) is 0 Å². The average Bonchev–Trinajstić information content (AvgIpc) is 2.66. The van der Waals surface area contributed by atoms with Crippen molar-refractivity contribution in [3.63, 3.8) is 0 Å². The number of hydrogen-bond acceptors (Lipinski definition) is 4. The number of benzene rings is 1. The minimum Gasteiger partial charge on any atom is -0.468 e. The summed E-state index contributed by atoms with van der Waals surface area (Å²) in [4.78, 5) is 30.0. The minimum atomic E-state index is -1.11. The predicted octanol–water partition coefficient (Wildman–Crippen LogP) is -0.508. The summed E-state index contributed by atoms with van der Waals surface area (Å²) < 4.78 is 4.64. The monoisotopic (exact) mass is 247 g/mol. The fourth-order valence-corrected chi connectivity index (χ4v) is 1.82. The Hall–Kier alpha value is -2.08. The van der Waals surface area contributed by atoms with Crippen molar-refractivity contribution in [3.05, 3.63) is 34.5 Å². The van der Waals surface area contributed by atoms with Crippen LogP contribution < -0.4 is 16.4 Å². The molecule has 0 aromatic heterocycles. The number of nitrogens with two attached hydrogens (primary N) is 1. The van der Waals surface area contributed by atoms with Crippen LogP contribution in [0.4, 0.5) is 4.79 Å². The molecule has 6 nitrogen and oxygen atoms in total. The van der Waals surface area contributed by atoms with E-state index in [0.29, 0.717) is 17.1 Å². The maximum atomic E-state index is 11.5. The molecule has 1 aliphatic rings.